The fourth-order valence-corrected chi connectivity index (χ4v) is 3.76. The van der Waals surface area contributed by atoms with E-state index in [-0.39, 0.29) is 11.9 Å². The van der Waals surface area contributed by atoms with Gasteiger partial charge in [0.05, 0.1) is 0 Å². The number of likely N-dealkylation sites (tertiary alicyclic amines) is 1. The van der Waals surface area contributed by atoms with Crippen LogP contribution in [0.1, 0.15) is 31.4 Å². The lowest BCUT2D eigenvalue weighted by atomic mass is 9.94. The maximum absolute atomic E-state index is 13.1. The second kappa shape index (κ2) is 5.39. The monoisotopic (exact) mass is 282 g/mol. The zero-order chi connectivity index (χ0) is 13.4. The fourth-order valence-electron chi connectivity index (χ4n) is 3.43. The lowest BCUT2D eigenvalue weighted by Gasteiger charge is -2.25. The van der Waals surface area contributed by atoms with E-state index in [4.69, 9.17) is 11.6 Å². The SMILES string of the molecule is CC(c1ccc(F)cc1Cl)N1CC2CCCNC2C1. The van der Waals surface area contributed by atoms with E-state index in [1.54, 1.807) is 0 Å². The van der Waals surface area contributed by atoms with Crippen molar-refractivity contribution < 1.29 is 4.39 Å². The summed E-state index contributed by atoms with van der Waals surface area (Å²) in [6.07, 6.45) is 2.60. The first-order valence-electron chi connectivity index (χ1n) is 7.07. The quantitative estimate of drug-likeness (QED) is 0.896. The van der Waals surface area contributed by atoms with Crippen LogP contribution in [-0.2, 0) is 0 Å². The van der Waals surface area contributed by atoms with E-state index in [1.165, 1.54) is 25.0 Å². The molecule has 2 heterocycles. The molecule has 1 aromatic carbocycles. The molecule has 0 bridgehead atoms. The molecule has 0 aromatic heterocycles. The molecule has 0 spiro atoms. The van der Waals surface area contributed by atoms with Gasteiger partial charge in [0.2, 0.25) is 0 Å². The first-order chi connectivity index (χ1) is 9.15. The molecule has 2 aliphatic heterocycles. The van der Waals surface area contributed by atoms with Crippen molar-refractivity contribution in [1.29, 1.82) is 0 Å². The van der Waals surface area contributed by atoms with Gasteiger partial charge >= 0.3 is 0 Å². The van der Waals surface area contributed by atoms with Crippen LogP contribution in [0.2, 0.25) is 5.02 Å². The molecule has 2 fully saturated rings. The Labute approximate surface area is 118 Å². The molecule has 2 aliphatic rings. The molecule has 2 saturated heterocycles. The Morgan fingerprint density at radius 1 is 1.42 bits per heavy atom. The first-order valence-corrected chi connectivity index (χ1v) is 7.45. The van der Waals surface area contributed by atoms with Gasteiger partial charge in [-0.05, 0) is 49.9 Å². The van der Waals surface area contributed by atoms with Crippen molar-refractivity contribution in [3.63, 3.8) is 0 Å². The average Bonchev–Trinajstić information content (AvgIpc) is 2.81. The van der Waals surface area contributed by atoms with E-state index in [9.17, 15) is 4.39 Å². The molecule has 0 radical (unpaired) electrons. The number of nitrogens with zero attached hydrogens (tertiary/aromatic N) is 1. The number of piperidine rings is 1. The van der Waals surface area contributed by atoms with E-state index in [2.05, 4.69) is 17.1 Å². The van der Waals surface area contributed by atoms with Crippen LogP contribution in [0.3, 0.4) is 0 Å². The lowest BCUT2D eigenvalue weighted by molar-refractivity contribution is 0.251. The number of rotatable bonds is 2. The van der Waals surface area contributed by atoms with E-state index in [1.807, 2.05) is 6.07 Å². The van der Waals surface area contributed by atoms with E-state index in [0.717, 1.165) is 31.1 Å². The Morgan fingerprint density at radius 2 is 2.26 bits per heavy atom. The third-order valence-electron chi connectivity index (χ3n) is 4.59. The van der Waals surface area contributed by atoms with Gasteiger partial charge in [-0.25, -0.2) is 4.39 Å². The minimum absolute atomic E-state index is 0.250. The third-order valence-corrected chi connectivity index (χ3v) is 4.92. The number of hydrogen-bond acceptors (Lipinski definition) is 2. The van der Waals surface area contributed by atoms with E-state index in [0.29, 0.717) is 11.1 Å². The molecule has 4 heteroatoms. The van der Waals surface area contributed by atoms with Gasteiger partial charge in [-0.2, -0.15) is 0 Å². The smallest absolute Gasteiger partial charge is 0.124 e. The summed E-state index contributed by atoms with van der Waals surface area (Å²) < 4.78 is 13.1. The molecule has 0 aliphatic carbocycles. The van der Waals surface area contributed by atoms with Gasteiger partial charge in [-0.3, -0.25) is 4.90 Å². The standard InChI is InChI=1S/C15H20ClFN2/c1-10(13-5-4-12(17)7-14(13)16)19-8-11-3-2-6-18-15(11)9-19/h4-5,7,10-11,15,18H,2-3,6,8-9H2,1H3. The van der Waals surface area contributed by atoms with Crippen molar-refractivity contribution in [2.24, 2.45) is 5.92 Å². The summed E-state index contributed by atoms with van der Waals surface area (Å²) in [6, 6.07) is 5.60. The number of hydrogen-bond donors (Lipinski definition) is 1. The van der Waals surface area contributed by atoms with Gasteiger partial charge in [-0.15, -0.1) is 0 Å². The highest BCUT2D eigenvalue weighted by molar-refractivity contribution is 6.31. The normalized spacial score (nSPS) is 29.2. The minimum atomic E-state index is -0.266. The summed E-state index contributed by atoms with van der Waals surface area (Å²) in [5.41, 5.74) is 1.03. The molecule has 2 nitrogen and oxygen atoms in total. The zero-order valence-electron chi connectivity index (χ0n) is 11.2. The Bertz CT molecular complexity index is 451. The zero-order valence-corrected chi connectivity index (χ0v) is 12.0. The fraction of sp³-hybridized carbons (Fsp3) is 0.600. The molecule has 0 saturated carbocycles. The molecule has 0 amide bonds. The molecule has 3 atom stereocenters. The van der Waals surface area contributed by atoms with Crippen LogP contribution in [0.5, 0.6) is 0 Å². The number of nitrogens with one attached hydrogen (secondary N) is 1. The van der Waals surface area contributed by atoms with Crippen molar-refractivity contribution in [3.8, 4) is 0 Å². The third kappa shape index (κ3) is 2.64. The summed E-state index contributed by atoms with van der Waals surface area (Å²) in [5.74, 6) is 0.494. The van der Waals surface area contributed by atoms with Crippen molar-refractivity contribution in [1.82, 2.24) is 10.2 Å². The number of halogens is 2. The Morgan fingerprint density at radius 3 is 3.00 bits per heavy atom. The van der Waals surface area contributed by atoms with Crippen molar-refractivity contribution in [2.45, 2.75) is 31.8 Å². The maximum atomic E-state index is 13.1. The minimum Gasteiger partial charge on any atom is -0.312 e. The molecule has 3 unspecified atom stereocenters. The van der Waals surface area contributed by atoms with E-state index >= 15 is 0 Å². The predicted octanol–water partition coefficient (Wildman–Crippen LogP) is 3.22. The summed E-state index contributed by atoms with van der Waals surface area (Å²) in [6.45, 7) is 5.49. The molecule has 19 heavy (non-hydrogen) atoms. The lowest BCUT2D eigenvalue weighted by Crippen LogP contribution is -2.40. The van der Waals surface area contributed by atoms with Crippen molar-refractivity contribution >= 4 is 11.6 Å². The van der Waals surface area contributed by atoms with Crippen LogP contribution in [0.25, 0.3) is 0 Å². The van der Waals surface area contributed by atoms with Gasteiger partial charge in [0.25, 0.3) is 0 Å². The van der Waals surface area contributed by atoms with Gasteiger partial charge in [0, 0.05) is 30.2 Å². The summed E-state index contributed by atoms with van der Waals surface area (Å²) in [4.78, 5) is 2.47. The highest BCUT2D eigenvalue weighted by atomic mass is 35.5. The van der Waals surface area contributed by atoms with Crippen LogP contribution in [0, 0.1) is 11.7 Å². The molecule has 1 N–H and O–H groups in total. The number of benzene rings is 1. The largest absolute Gasteiger partial charge is 0.312 e. The summed E-state index contributed by atoms with van der Waals surface area (Å²) in [7, 11) is 0. The maximum Gasteiger partial charge on any atom is 0.124 e. The van der Waals surface area contributed by atoms with Gasteiger partial charge in [-0.1, -0.05) is 17.7 Å². The Balaban J connectivity index is 1.75. The second-order valence-electron chi connectivity index (χ2n) is 5.76. The first kappa shape index (κ1) is 13.3. The predicted molar refractivity (Wildman–Crippen MR) is 75.9 cm³/mol. The van der Waals surface area contributed by atoms with Crippen LogP contribution in [0.15, 0.2) is 18.2 Å². The highest BCUT2D eigenvalue weighted by Crippen LogP contribution is 2.34. The molecule has 104 valence electrons. The second-order valence-corrected chi connectivity index (χ2v) is 6.17. The van der Waals surface area contributed by atoms with E-state index < -0.39 is 0 Å². The van der Waals surface area contributed by atoms with Gasteiger partial charge < -0.3 is 5.32 Å². The topological polar surface area (TPSA) is 15.3 Å². The molecular formula is C15H20ClFN2. The van der Waals surface area contributed by atoms with Crippen LogP contribution >= 0.6 is 11.6 Å². The van der Waals surface area contributed by atoms with Crippen LogP contribution < -0.4 is 5.32 Å². The number of fused-ring (bicyclic) bond motifs is 1. The molecule has 3 rings (SSSR count). The van der Waals surface area contributed by atoms with Gasteiger partial charge in [0.1, 0.15) is 5.82 Å². The highest BCUT2D eigenvalue weighted by Gasteiger charge is 2.36. The summed E-state index contributed by atoms with van der Waals surface area (Å²) in [5, 5.41) is 4.14. The Hall–Kier alpha value is -0.640. The summed E-state index contributed by atoms with van der Waals surface area (Å²) >= 11 is 6.17. The van der Waals surface area contributed by atoms with Crippen LogP contribution in [-0.4, -0.2) is 30.6 Å². The molecular weight excluding hydrogens is 263 g/mol. The van der Waals surface area contributed by atoms with Gasteiger partial charge in [0.15, 0.2) is 0 Å². The van der Waals surface area contributed by atoms with Crippen molar-refractivity contribution in [3.05, 3.63) is 34.6 Å². The average molecular weight is 283 g/mol. The molecule has 1 aromatic rings. The van der Waals surface area contributed by atoms with Crippen molar-refractivity contribution in [2.75, 3.05) is 19.6 Å². The van der Waals surface area contributed by atoms with Crippen LogP contribution in [0.4, 0.5) is 4.39 Å². The Kier molecular flexibility index (Phi) is 3.79.